The molecule has 0 radical (unpaired) electrons. The van der Waals surface area contributed by atoms with E-state index in [-0.39, 0.29) is 12.0 Å². The number of aromatic hydroxyl groups is 1. The lowest BCUT2D eigenvalue weighted by atomic mass is 9.60. The van der Waals surface area contributed by atoms with Crippen molar-refractivity contribution in [2.24, 2.45) is 5.92 Å². The first-order valence-electron chi connectivity index (χ1n) is 9.88. The van der Waals surface area contributed by atoms with Gasteiger partial charge in [0.15, 0.2) is 0 Å². The van der Waals surface area contributed by atoms with Gasteiger partial charge in [-0.05, 0) is 73.2 Å². The van der Waals surface area contributed by atoms with Crippen LogP contribution in [-0.2, 0) is 11.8 Å². The number of fused-ring (bicyclic) bond motifs is 2. The molecule has 2 aliphatic rings. The molecule has 3 heteroatoms. The quantitative estimate of drug-likeness (QED) is 0.862. The average molecular weight is 351 g/mol. The van der Waals surface area contributed by atoms with Crippen molar-refractivity contribution >= 4 is 0 Å². The van der Waals surface area contributed by atoms with Gasteiger partial charge in [-0.1, -0.05) is 42.5 Å². The van der Waals surface area contributed by atoms with Gasteiger partial charge in [-0.3, -0.25) is 4.90 Å². The van der Waals surface area contributed by atoms with Crippen molar-refractivity contribution in [3.05, 3.63) is 65.7 Å². The van der Waals surface area contributed by atoms with Crippen LogP contribution < -0.4 is 0 Å². The van der Waals surface area contributed by atoms with Crippen molar-refractivity contribution in [2.75, 3.05) is 19.7 Å². The molecule has 0 spiro atoms. The minimum atomic E-state index is 0.165. The zero-order chi connectivity index (χ0) is 18.0. The highest BCUT2D eigenvalue weighted by Crippen LogP contribution is 2.49. The zero-order valence-electron chi connectivity index (χ0n) is 15.3. The Morgan fingerprint density at radius 2 is 1.88 bits per heavy atom. The van der Waals surface area contributed by atoms with Gasteiger partial charge in [0.05, 0.1) is 0 Å². The number of rotatable bonds is 5. The van der Waals surface area contributed by atoms with E-state index >= 15 is 0 Å². The van der Waals surface area contributed by atoms with Crippen molar-refractivity contribution in [3.8, 4) is 5.75 Å². The molecule has 2 bridgehead atoms. The molecule has 3 nitrogen and oxygen atoms in total. The number of aliphatic hydroxyl groups excluding tert-OH is 1. The molecule has 1 heterocycles. The van der Waals surface area contributed by atoms with Crippen LogP contribution in [0.15, 0.2) is 54.6 Å². The van der Waals surface area contributed by atoms with Crippen molar-refractivity contribution < 1.29 is 10.2 Å². The summed E-state index contributed by atoms with van der Waals surface area (Å²) in [4.78, 5) is 2.61. The summed E-state index contributed by atoms with van der Waals surface area (Å²) in [5.74, 6) is 0.737. The molecule has 1 aliphatic heterocycles. The van der Waals surface area contributed by atoms with Crippen LogP contribution in [-0.4, -0.2) is 40.9 Å². The first-order chi connectivity index (χ1) is 12.7. The molecule has 4 rings (SSSR count). The van der Waals surface area contributed by atoms with E-state index in [4.69, 9.17) is 0 Å². The molecule has 2 N–H and O–H groups in total. The van der Waals surface area contributed by atoms with Crippen LogP contribution in [0.5, 0.6) is 5.75 Å². The van der Waals surface area contributed by atoms with E-state index in [9.17, 15) is 10.2 Å². The number of phenolic OH excluding ortho intramolecular Hbond substituents is 1. The highest BCUT2D eigenvalue weighted by atomic mass is 16.3. The molecule has 138 valence electrons. The van der Waals surface area contributed by atoms with Crippen molar-refractivity contribution in [2.45, 2.75) is 43.6 Å². The number of piperidine rings is 1. The Hall–Kier alpha value is -1.84. The van der Waals surface area contributed by atoms with E-state index in [1.807, 2.05) is 12.1 Å². The maximum absolute atomic E-state index is 9.95. The first-order valence-corrected chi connectivity index (χ1v) is 9.88. The number of benzene rings is 2. The number of phenols is 1. The molecule has 1 unspecified atom stereocenters. The molecule has 1 aliphatic carbocycles. The largest absolute Gasteiger partial charge is 0.508 e. The van der Waals surface area contributed by atoms with Gasteiger partial charge in [0, 0.05) is 19.2 Å². The fourth-order valence-corrected chi connectivity index (χ4v) is 5.15. The summed E-state index contributed by atoms with van der Waals surface area (Å²) in [7, 11) is 0. The van der Waals surface area contributed by atoms with Gasteiger partial charge < -0.3 is 10.2 Å². The van der Waals surface area contributed by atoms with E-state index in [1.165, 1.54) is 11.1 Å². The lowest BCUT2D eigenvalue weighted by Gasteiger charge is -2.54. The molecular weight excluding hydrogens is 322 g/mol. The number of hydrogen-bond donors (Lipinski definition) is 2. The fraction of sp³-hybridized carbons (Fsp3) is 0.478. The average Bonchev–Trinajstić information content (AvgIpc) is 2.69. The Bertz CT molecular complexity index is 732. The van der Waals surface area contributed by atoms with Gasteiger partial charge in [0.2, 0.25) is 0 Å². The van der Waals surface area contributed by atoms with Crippen LogP contribution in [0.3, 0.4) is 0 Å². The number of aliphatic hydroxyl groups is 1. The number of likely N-dealkylation sites (tertiary alicyclic amines) is 1. The third-order valence-corrected chi connectivity index (χ3v) is 6.71. The van der Waals surface area contributed by atoms with Crippen molar-refractivity contribution in [1.29, 1.82) is 0 Å². The number of nitrogens with zero attached hydrogens (tertiary/aromatic N) is 1. The highest BCUT2D eigenvalue weighted by molar-refractivity contribution is 5.34. The fourth-order valence-electron chi connectivity index (χ4n) is 5.15. The van der Waals surface area contributed by atoms with Gasteiger partial charge in [-0.2, -0.15) is 0 Å². The van der Waals surface area contributed by atoms with E-state index in [1.54, 1.807) is 6.07 Å². The van der Waals surface area contributed by atoms with Crippen LogP contribution in [0.1, 0.15) is 36.8 Å². The Morgan fingerprint density at radius 3 is 2.65 bits per heavy atom. The minimum absolute atomic E-state index is 0.165. The summed E-state index contributed by atoms with van der Waals surface area (Å²) in [6.45, 7) is 2.41. The highest BCUT2D eigenvalue weighted by Gasteiger charge is 2.47. The maximum atomic E-state index is 9.95. The standard InChI is InChI=1S/C23H29NO2/c25-17-19-9-11-23(20-7-4-8-21(26)15-20)12-14-24(22(19)16-23)13-10-18-5-2-1-3-6-18/h1-8,15,19,22,25-26H,9-14,16-17H2/t19-,22?,23+/m0/s1. The third-order valence-electron chi connectivity index (χ3n) is 6.71. The van der Waals surface area contributed by atoms with Crippen molar-refractivity contribution in [1.82, 2.24) is 4.90 Å². The Labute approximate surface area is 156 Å². The smallest absolute Gasteiger partial charge is 0.115 e. The second-order valence-corrected chi connectivity index (χ2v) is 8.11. The summed E-state index contributed by atoms with van der Waals surface area (Å²) in [5.41, 5.74) is 2.83. The van der Waals surface area contributed by atoms with E-state index in [0.29, 0.717) is 17.7 Å². The monoisotopic (exact) mass is 351 g/mol. The Balaban J connectivity index is 1.52. The van der Waals surface area contributed by atoms with Crippen LogP contribution in [0.25, 0.3) is 0 Å². The molecule has 0 aromatic heterocycles. The predicted octanol–water partition coefficient (Wildman–Crippen LogP) is 3.74. The Kier molecular flexibility index (Phi) is 5.01. The van der Waals surface area contributed by atoms with E-state index in [0.717, 1.165) is 45.2 Å². The summed E-state index contributed by atoms with van der Waals surface area (Å²) in [5, 5.41) is 19.9. The zero-order valence-corrected chi connectivity index (χ0v) is 15.3. The van der Waals surface area contributed by atoms with Gasteiger partial charge >= 0.3 is 0 Å². The summed E-state index contributed by atoms with van der Waals surface area (Å²) >= 11 is 0. The first kappa shape index (κ1) is 17.6. The third kappa shape index (κ3) is 3.38. The predicted molar refractivity (Wildman–Crippen MR) is 104 cm³/mol. The molecule has 1 saturated heterocycles. The normalized spacial score (nSPS) is 28.8. The summed E-state index contributed by atoms with van der Waals surface area (Å²) in [6.07, 6.45) is 5.48. The van der Waals surface area contributed by atoms with Crippen LogP contribution >= 0.6 is 0 Å². The molecular formula is C23H29NO2. The second kappa shape index (κ2) is 7.42. The van der Waals surface area contributed by atoms with Gasteiger partial charge in [-0.25, -0.2) is 0 Å². The van der Waals surface area contributed by atoms with Gasteiger partial charge in [0.25, 0.3) is 0 Å². The minimum Gasteiger partial charge on any atom is -0.508 e. The van der Waals surface area contributed by atoms with Crippen LogP contribution in [0.2, 0.25) is 0 Å². The second-order valence-electron chi connectivity index (χ2n) is 8.11. The van der Waals surface area contributed by atoms with Gasteiger partial charge in [0.1, 0.15) is 5.75 Å². The number of hydrogen-bond acceptors (Lipinski definition) is 3. The summed E-state index contributed by atoms with van der Waals surface area (Å²) in [6, 6.07) is 19.0. The van der Waals surface area contributed by atoms with E-state index < -0.39 is 0 Å². The lowest BCUT2D eigenvalue weighted by Crippen LogP contribution is -2.56. The van der Waals surface area contributed by atoms with Crippen LogP contribution in [0.4, 0.5) is 0 Å². The lowest BCUT2D eigenvalue weighted by molar-refractivity contribution is -0.00754. The SMILES string of the molecule is OC[C@@H]1CC[C@@]2(c3cccc(O)c3)CCN(CCc3ccccc3)C1C2. The van der Waals surface area contributed by atoms with Crippen molar-refractivity contribution in [3.63, 3.8) is 0 Å². The van der Waals surface area contributed by atoms with Crippen LogP contribution in [0, 0.1) is 5.92 Å². The molecule has 3 atom stereocenters. The molecule has 26 heavy (non-hydrogen) atoms. The molecule has 2 aromatic carbocycles. The van der Waals surface area contributed by atoms with E-state index in [2.05, 4.69) is 41.3 Å². The molecule has 2 fully saturated rings. The maximum Gasteiger partial charge on any atom is 0.115 e. The summed E-state index contributed by atoms with van der Waals surface area (Å²) < 4.78 is 0. The Morgan fingerprint density at radius 1 is 1.04 bits per heavy atom. The molecule has 2 aromatic rings. The molecule has 1 saturated carbocycles. The topological polar surface area (TPSA) is 43.7 Å². The van der Waals surface area contributed by atoms with Gasteiger partial charge in [-0.15, -0.1) is 0 Å². The molecule has 0 amide bonds.